The minimum Gasteiger partial charge on any atom is -0.0620 e. The molecule has 1 fully saturated rings. The van der Waals surface area contributed by atoms with Crippen LogP contribution in [0, 0.1) is 11.8 Å². The van der Waals surface area contributed by atoms with Gasteiger partial charge >= 0.3 is 0 Å². The van der Waals surface area contributed by atoms with Crippen LogP contribution in [0.15, 0.2) is 24.3 Å². The van der Waals surface area contributed by atoms with Gasteiger partial charge in [-0.05, 0) is 48.6 Å². The van der Waals surface area contributed by atoms with Crippen LogP contribution in [-0.2, 0) is 11.8 Å². The predicted octanol–water partition coefficient (Wildman–Crippen LogP) is 3.94. The molecule has 0 saturated heterocycles. The van der Waals surface area contributed by atoms with Crippen LogP contribution >= 0.6 is 0 Å². The first kappa shape index (κ1) is 9.45. The van der Waals surface area contributed by atoms with Crippen molar-refractivity contribution < 1.29 is 0 Å². The van der Waals surface area contributed by atoms with Gasteiger partial charge in [0.15, 0.2) is 0 Å². The number of aryl methyl sites for hydroxylation is 1. The van der Waals surface area contributed by atoms with Crippen LogP contribution in [0.25, 0.3) is 0 Å². The van der Waals surface area contributed by atoms with Gasteiger partial charge in [-0.2, -0.15) is 0 Å². The summed E-state index contributed by atoms with van der Waals surface area (Å²) in [5, 5.41) is 0. The van der Waals surface area contributed by atoms with Gasteiger partial charge in [0, 0.05) is 5.41 Å². The minimum atomic E-state index is 0.550. The first-order valence-corrected chi connectivity index (χ1v) is 6.33. The second-order valence-electron chi connectivity index (χ2n) is 5.59. The van der Waals surface area contributed by atoms with E-state index in [4.69, 9.17) is 0 Å². The Morgan fingerprint density at radius 1 is 1.13 bits per heavy atom. The highest BCUT2D eigenvalue weighted by molar-refractivity contribution is 5.40. The molecule has 0 aromatic heterocycles. The van der Waals surface area contributed by atoms with Crippen molar-refractivity contribution in [3.05, 3.63) is 35.4 Å². The smallest absolute Gasteiger partial charge is 0.000724 e. The average molecular weight is 200 g/mol. The van der Waals surface area contributed by atoms with Crippen LogP contribution in [0.2, 0.25) is 0 Å². The van der Waals surface area contributed by atoms with Gasteiger partial charge in [0.2, 0.25) is 0 Å². The van der Waals surface area contributed by atoms with Crippen LogP contribution < -0.4 is 0 Å². The van der Waals surface area contributed by atoms with E-state index < -0.39 is 0 Å². The topological polar surface area (TPSA) is 0 Å². The van der Waals surface area contributed by atoms with E-state index in [1.54, 1.807) is 11.1 Å². The molecule has 80 valence electrons. The minimum absolute atomic E-state index is 0.550. The van der Waals surface area contributed by atoms with Crippen LogP contribution in [0.1, 0.15) is 44.2 Å². The zero-order valence-electron chi connectivity index (χ0n) is 9.79. The largest absolute Gasteiger partial charge is 0.0620 e. The quantitative estimate of drug-likeness (QED) is 0.595. The fraction of sp³-hybridized carbons (Fsp3) is 0.600. The fourth-order valence-corrected chi connectivity index (χ4v) is 4.20. The van der Waals surface area contributed by atoms with Gasteiger partial charge in [-0.1, -0.05) is 38.1 Å². The lowest BCUT2D eigenvalue weighted by molar-refractivity contribution is 0.0337. The van der Waals surface area contributed by atoms with E-state index in [2.05, 4.69) is 38.1 Å². The Hall–Kier alpha value is -0.780. The van der Waals surface area contributed by atoms with Crippen molar-refractivity contribution in [1.29, 1.82) is 0 Å². The molecular formula is C15H20. The van der Waals surface area contributed by atoms with Crippen molar-refractivity contribution in [2.24, 2.45) is 11.8 Å². The first-order valence-electron chi connectivity index (χ1n) is 6.33. The molecule has 2 aliphatic carbocycles. The Morgan fingerprint density at radius 3 is 2.60 bits per heavy atom. The molecule has 0 heteroatoms. The van der Waals surface area contributed by atoms with Gasteiger partial charge in [0.1, 0.15) is 0 Å². The van der Waals surface area contributed by atoms with E-state index in [1.807, 2.05) is 0 Å². The highest BCUT2D eigenvalue weighted by atomic mass is 14.6. The monoisotopic (exact) mass is 200 g/mol. The fourth-order valence-electron chi connectivity index (χ4n) is 4.20. The average Bonchev–Trinajstić information content (AvgIpc) is 2.28. The van der Waals surface area contributed by atoms with E-state index in [1.165, 1.54) is 25.7 Å². The third-order valence-corrected chi connectivity index (χ3v) is 5.02. The van der Waals surface area contributed by atoms with Gasteiger partial charge in [0.05, 0.1) is 0 Å². The maximum Gasteiger partial charge on any atom is 0.000724 e. The molecule has 2 aliphatic rings. The van der Waals surface area contributed by atoms with E-state index in [0.29, 0.717) is 5.41 Å². The lowest BCUT2D eigenvalue weighted by atomic mass is 9.47. The van der Waals surface area contributed by atoms with Gasteiger partial charge in [-0.25, -0.2) is 0 Å². The van der Waals surface area contributed by atoms with E-state index >= 15 is 0 Å². The number of hydrogen-bond donors (Lipinski definition) is 0. The Labute approximate surface area is 92.7 Å². The van der Waals surface area contributed by atoms with Crippen molar-refractivity contribution in [3.8, 4) is 0 Å². The molecule has 1 saturated carbocycles. The number of fused-ring (bicyclic) bond motifs is 2. The third kappa shape index (κ3) is 1.08. The summed E-state index contributed by atoms with van der Waals surface area (Å²) in [4.78, 5) is 0. The molecule has 2 atom stereocenters. The summed E-state index contributed by atoms with van der Waals surface area (Å²) in [5.74, 6) is 1.79. The molecule has 0 aliphatic heterocycles. The highest BCUT2D eigenvalue weighted by Gasteiger charge is 2.52. The standard InChI is InChI=1S/C15H20/c1-11-10-12(2)15(11)9-5-7-13-6-3-4-8-14(13)15/h3-4,6,8,11-12H,5,7,9-10H2,1-2H3. The molecule has 15 heavy (non-hydrogen) atoms. The summed E-state index contributed by atoms with van der Waals surface area (Å²) >= 11 is 0. The predicted molar refractivity (Wildman–Crippen MR) is 64.0 cm³/mol. The number of hydrogen-bond acceptors (Lipinski definition) is 0. The number of benzene rings is 1. The summed E-state index contributed by atoms with van der Waals surface area (Å²) in [5.41, 5.74) is 3.86. The maximum absolute atomic E-state index is 2.45. The lowest BCUT2D eigenvalue weighted by Crippen LogP contribution is -2.52. The molecule has 1 spiro atoms. The van der Waals surface area contributed by atoms with Crippen LogP contribution in [0.3, 0.4) is 0 Å². The summed E-state index contributed by atoms with van der Waals surface area (Å²) in [6, 6.07) is 9.16. The second-order valence-corrected chi connectivity index (χ2v) is 5.59. The van der Waals surface area contributed by atoms with Crippen LogP contribution in [-0.4, -0.2) is 0 Å². The Kier molecular flexibility index (Phi) is 1.95. The molecule has 0 nitrogen and oxygen atoms in total. The molecule has 1 aromatic carbocycles. The van der Waals surface area contributed by atoms with Crippen LogP contribution in [0.4, 0.5) is 0 Å². The van der Waals surface area contributed by atoms with Crippen molar-refractivity contribution in [1.82, 2.24) is 0 Å². The zero-order chi connectivity index (χ0) is 10.5. The molecule has 2 unspecified atom stereocenters. The van der Waals surface area contributed by atoms with Crippen molar-refractivity contribution in [2.45, 2.75) is 44.9 Å². The molecule has 0 N–H and O–H groups in total. The summed E-state index contributed by atoms with van der Waals surface area (Å²) in [6.07, 6.45) is 5.55. The van der Waals surface area contributed by atoms with Gasteiger partial charge in [-0.15, -0.1) is 0 Å². The molecular weight excluding hydrogens is 180 g/mol. The Balaban J connectivity index is 2.13. The summed E-state index contributed by atoms with van der Waals surface area (Å²) in [6.45, 7) is 4.89. The van der Waals surface area contributed by atoms with Crippen LogP contribution in [0.5, 0.6) is 0 Å². The Morgan fingerprint density at radius 2 is 1.87 bits per heavy atom. The summed E-state index contributed by atoms with van der Waals surface area (Å²) < 4.78 is 0. The van der Waals surface area contributed by atoms with Gasteiger partial charge in [0.25, 0.3) is 0 Å². The molecule has 0 radical (unpaired) electrons. The van der Waals surface area contributed by atoms with E-state index in [9.17, 15) is 0 Å². The van der Waals surface area contributed by atoms with E-state index in [-0.39, 0.29) is 0 Å². The van der Waals surface area contributed by atoms with Gasteiger partial charge < -0.3 is 0 Å². The van der Waals surface area contributed by atoms with Crippen molar-refractivity contribution >= 4 is 0 Å². The lowest BCUT2D eigenvalue weighted by Gasteiger charge is -2.57. The molecule has 0 amide bonds. The van der Waals surface area contributed by atoms with E-state index in [0.717, 1.165) is 11.8 Å². The molecule has 1 aromatic rings. The SMILES string of the molecule is CC1CC(C)C12CCCc1ccccc12. The molecule has 3 rings (SSSR count). The zero-order valence-corrected chi connectivity index (χ0v) is 9.79. The normalized spacial score (nSPS) is 38.5. The maximum atomic E-state index is 2.45. The number of rotatable bonds is 0. The highest BCUT2D eigenvalue weighted by Crippen LogP contribution is 2.58. The Bertz CT molecular complexity index is 369. The van der Waals surface area contributed by atoms with Crippen molar-refractivity contribution in [2.75, 3.05) is 0 Å². The first-order chi connectivity index (χ1) is 7.25. The van der Waals surface area contributed by atoms with Crippen molar-refractivity contribution in [3.63, 3.8) is 0 Å². The second kappa shape index (κ2) is 3.10. The molecule has 0 heterocycles. The summed E-state index contributed by atoms with van der Waals surface area (Å²) in [7, 11) is 0. The third-order valence-electron chi connectivity index (χ3n) is 5.02. The molecule has 0 bridgehead atoms. The van der Waals surface area contributed by atoms with Gasteiger partial charge in [-0.3, -0.25) is 0 Å².